The number of rotatable bonds is 8. The maximum Gasteiger partial charge on any atom is 0.243 e. The Bertz CT molecular complexity index is 656. The van der Waals surface area contributed by atoms with E-state index in [1.165, 1.54) is 4.31 Å². The first-order valence-corrected chi connectivity index (χ1v) is 10.3. The maximum absolute atomic E-state index is 12.7. The molecule has 1 unspecified atom stereocenters. The number of sulfonamides is 1. The van der Waals surface area contributed by atoms with Crippen molar-refractivity contribution in [3.8, 4) is 0 Å². The van der Waals surface area contributed by atoms with Crippen molar-refractivity contribution in [3.63, 3.8) is 0 Å². The van der Waals surface area contributed by atoms with E-state index in [0.29, 0.717) is 23.9 Å². The standard InChI is InChI=1S/C17H29N3O2S2/c1-6-9-14(5)18-17(23)19-16-12-15(11-10-13(16)4)24(21,22)20(7-2)8-3/h10-12,14H,6-9H2,1-5H3,(H2,18,19,23). The van der Waals surface area contributed by atoms with Crippen LogP contribution in [0.5, 0.6) is 0 Å². The zero-order valence-electron chi connectivity index (χ0n) is 15.2. The highest BCUT2D eigenvalue weighted by molar-refractivity contribution is 7.89. The van der Waals surface area contributed by atoms with Crippen LogP contribution in [0.15, 0.2) is 23.1 Å². The lowest BCUT2D eigenvalue weighted by molar-refractivity contribution is 0.445. The van der Waals surface area contributed by atoms with Crippen LogP contribution < -0.4 is 10.6 Å². The summed E-state index contributed by atoms with van der Waals surface area (Å²) in [6.45, 7) is 10.7. The smallest absolute Gasteiger partial charge is 0.243 e. The van der Waals surface area contributed by atoms with E-state index >= 15 is 0 Å². The van der Waals surface area contributed by atoms with Crippen molar-refractivity contribution >= 4 is 33.0 Å². The molecule has 0 bridgehead atoms. The summed E-state index contributed by atoms with van der Waals surface area (Å²) in [6, 6.07) is 5.38. The second-order valence-corrected chi connectivity index (χ2v) is 8.20. The van der Waals surface area contributed by atoms with Gasteiger partial charge in [0.1, 0.15) is 0 Å². The molecule has 1 aromatic rings. The summed E-state index contributed by atoms with van der Waals surface area (Å²) in [5.74, 6) is 0. The van der Waals surface area contributed by atoms with E-state index in [1.807, 2.05) is 20.8 Å². The largest absolute Gasteiger partial charge is 0.360 e. The molecule has 5 nitrogen and oxygen atoms in total. The fraction of sp³-hybridized carbons (Fsp3) is 0.588. The summed E-state index contributed by atoms with van der Waals surface area (Å²) >= 11 is 5.34. The quantitative estimate of drug-likeness (QED) is 0.685. The Morgan fingerprint density at radius 1 is 1.25 bits per heavy atom. The van der Waals surface area contributed by atoms with Crippen LogP contribution in [0.3, 0.4) is 0 Å². The van der Waals surface area contributed by atoms with Crippen molar-refractivity contribution in [3.05, 3.63) is 23.8 Å². The minimum absolute atomic E-state index is 0.276. The highest BCUT2D eigenvalue weighted by Crippen LogP contribution is 2.23. The van der Waals surface area contributed by atoms with E-state index in [0.717, 1.165) is 18.4 Å². The Balaban J connectivity index is 3.00. The Morgan fingerprint density at radius 2 is 1.88 bits per heavy atom. The second kappa shape index (κ2) is 9.34. The molecule has 1 atom stereocenters. The van der Waals surface area contributed by atoms with Gasteiger partial charge in [-0.25, -0.2) is 8.42 Å². The molecule has 0 fully saturated rings. The molecular weight excluding hydrogens is 342 g/mol. The fourth-order valence-corrected chi connectivity index (χ4v) is 4.29. The number of benzene rings is 1. The predicted octanol–water partition coefficient (Wildman–Crippen LogP) is 3.50. The SMILES string of the molecule is CCCC(C)NC(=S)Nc1cc(S(=O)(=O)N(CC)CC)ccc1C. The van der Waals surface area contributed by atoms with Crippen LogP contribution in [0.4, 0.5) is 5.69 Å². The van der Waals surface area contributed by atoms with Gasteiger partial charge in [0, 0.05) is 24.8 Å². The number of nitrogens with zero attached hydrogens (tertiary/aromatic N) is 1. The third kappa shape index (κ3) is 5.43. The number of anilines is 1. The molecule has 24 heavy (non-hydrogen) atoms. The highest BCUT2D eigenvalue weighted by atomic mass is 32.2. The molecule has 2 N–H and O–H groups in total. The normalized spacial score (nSPS) is 12.9. The Hall–Kier alpha value is -1.18. The van der Waals surface area contributed by atoms with Crippen LogP contribution in [0.1, 0.15) is 46.1 Å². The topological polar surface area (TPSA) is 61.4 Å². The molecule has 0 heterocycles. The van der Waals surface area contributed by atoms with E-state index in [4.69, 9.17) is 12.2 Å². The molecule has 136 valence electrons. The zero-order valence-corrected chi connectivity index (χ0v) is 16.9. The summed E-state index contributed by atoms with van der Waals surface area (Å²) in [6.07, 6.45) is 2.10. The van der Waals surface area contributed by atoms with E-state index in [2.05, 4.69) is 24.5 Å². The van der Waals surface area contributed by atoms with Crippen molar-refractivity contribution in [2.45, 2.75) is 58.4 Å². The minimum Gasteiger partial charge on any atom is -0.360 e. The monoisotopic (exact) mass is 371 g/mol. The minimum atomic E-state index is -3.48. The number of nitrogens with one attached hydrogen (secondary N) is 2. The van der Waals surface area contributed by atoms with Crippen LogP contribution in [-0.2, 0) is 10.0 Å². The van der Waals surface area contributed by atoms with E-state index in [-0.39, 0.29) is 10.9 Å². The number of thiocarbonyl (C=S) groups is 1. The molecule has 0 amide bonds. The first-order valence-electron chi connectivity index (χ1n) is 8.44. The average Bonchev–Trinajstić information content (AvgIpc) is 2.50. The van der Waals surface area contributed by atoms with Gasteiger partial charge in [-0.05, 0) is 50.2 Å². The average molecular weight is 372 g/mol. The van der Waals surface area contributed by atoms with Gasteiger partial charge in [0.15, 0.2) is 5.11 Å². The van der Waals surface area contributed by atoms with Gasteiger partial charge in [-0.3, -0.25) is 0 Å². The summed E-state index contributed by atoms with van der Waals surface area (Å²) in [5.41, 5.74) is 1.66. The van der Waals surface area contributed by atoms with Gasteiger partial charge in [0.25, 0.3) is 0 Å². The third-order valence-corrected chi connectivity index (χ3v) is 6.17. The lowest BCUT2D eigenvalue weighted by Crippen LogP contribution is -2.36. The Morgan fingerprint density at radius 3 is 2.42 bits per heavy atom. The van der Waals surface area contributed by atoms with Crippen LogP contribution >= 0.6 is 12.2 Å². The predicted molar refractivity (Wildman–Crippen MR) is 105 cm³/mol. The van der Waals surface area contributed by atoms with Gasteiger partial charge in [-0.1, -0.05) is 33.3 Å². The number of aryl methyl sites for hydroxylation is 1. The first-order chi connectivity index (χ1) is 11.3. The first kappa shape index (κ1) is 20.9. The van der Waals surface area contributed by atoms with Crippen molar-refractivity contribution in [1.29, 1.82) is 0 Å². The van der Waals surface area contributed by atoms with Crippen LogP contribution in [-0.4, -0.2) is 37.0 Å². The van der Waals surface area contributed by atoms with Crippen molar-refractivity contribution in [2.75, 3.05) is 18.4 Å². The third-order valence-electron chi connectivity index (χ3n) is 3.90. The van der Waals surface area contributed by atoms with Gasteiger partial charge >= 0.3 is 0 Å². The lowest BCUT2D eigenvalue weighted by atomic mass is 10.2. The van der Waals surface area contributed by atoms with Gasteiger partial charge < -0.3 is 10.6 Å². The highest BCUT2D eigenvalue weighted by Gasteiger charge is 2.22. The van der Waals surface area contributed by atoms with Crippen LogP contribution in [0.25, 0.3) is 0 Å². The van der Waals surface area contributed by atoms with Gasteiger partial charge in [-0.2, -0.15) is 4.31 Å². The van der Waals surface area contributed by atoms with Gasteiger partial charge in [0.2, 0.25) is 10.0 Å². The molecule has 0 aromatic heterocycles. The molecule has 7 heteroatoms. The molecule has 1 rings (SSSR count). The molecule has 0 radical (unpaired) electrons. The lowest BCUT2D eigenvalue weighted by Gasteiger charge is -2.20. The molecular formula is C17H29N3O2S2. The molecule has 0 aliphatic carbocycles. The molecule has 1 aromatic carbocycles. The Kier molecular flexibility index (Phi) is 8.12. The van der Waals surface area contributed by atoms with Gasteiger partial charge in [-0.15, -0.1) is 0 Å². The Labute approximate surface area is 151 Å². The molecule has 0 saturated heterocycles. The summed E-state index contributed by atoms with van der Waals surface area (Å²) < 4.78 is 26.8. The van der Waals surface area contributed by atoms with Crippen molar-refractivity contribution < 1.29 is 8.42 Å². The van der Waals surface area contributed by atoms with Crippen LogP contribution in [0, 0.1) is 6.92 Å². The summed E-state index contributed by atoms with van der Waals surface area (Å²) in [4.78, 5) is 0.281. The van der Waals surface area contributed by atoms with Crippen molar-refractivity contribution in [2.24, 2.45) is 0 Å². The zero-order chi connectivity index (χ0) is 18.3. The number of hydrogen-bond acceptors (Lipinski definition) is 3. The van der Waals surface area contributed by atoms with Gasteiger partial charge in [0.05, 0.1) is 4.90 Å². The fourth-order valence-electron chi connectivity index (χ4n) is 2.50. The van der Waals surface area contributed by atoms with E-state index in [9.17, 15) is 8.42 Å². The van der Waals surface area contributed by atoms with Crippen molar-refractivity contribution in [1.82, 2.24) is 9.62 Å². The molecule has 0 saturated carbocycles. The maximum atomic E-state index is 12.7. The molecule has 0 spiro atoms. The van der Waals surface area contributed by atoms with E-state index < -0.39 is 10.0 Å². The van der Waals surface area contributed by atoms with E-state index in [1.54, 1.807) is 18.2 Å². The second-order valence-electron chi connectivity index (χ2n) is 5.85. The number of hydrogen-bond donors (Lipinski definition) is 2. The molecule has 0 aliphatic rings. The summed E-state index contributed by atoms with van der Waals surface area (Å²) in [7, 11) is -3.48. The summed E-state index contributed by atoms with van der Waals surface area (Å²) in [5, 5.41) is 6.86. The molecule has 0 aliphatic heterocycles. The van der Waals surface area contributed by atoms with Crippen LogP contribution in [0.2, 0.25) is 0 Å².